The van der Waals surface area contributed by atoms with Gasteiger partial charge in [0, 0.05) is 6.42 Å². The molecule has 0 unspecified atom stereocenters. The number of Topliss-reactive ketones (excluding diaryl/α,β-unsaturated/α-hetero) is 1. The first kappa shape index (κ1) is 11.2. The number of hydrogen-bond donors (Lipinski definition) is 1. The molecule has 0 aliphatic rings. The molecule has 0 amide bonds. The van der Waals surface area contributed by atoms with Crippen LogP contribution >= 0.6 is 15.9 Å². The maximum absolute atomic E-state index is 11.0. The molecule has 1 N–H and O–H groups in total. The van der Waals surface area contributed by atoms with Crippen molar-refractivity contribution in [3.05, 3.63) is 27.2 Å². The van der Waals surface area contributed by atoms with Gasteiger partial charge in [-0.3, -0.25) is 4.79 Å². The summed E-state index contributed by atoms with van der Waals surface area (Å²) in [6, 6.07) is 1.93. The average molecular weight is 257 g/mol. The van der Waals surface area contributed by atoms with Gasteiger partial charge in [0.1, 0.15) is 11.5 Å². The van der Waals surface area contributed by atoms with Crippen LogP contribution in [0, 0.1) is 13.8 Å². The van der Waals surface area contributed by atoms with Gasteiger partial charge in [-0.15, -0.1) is 0 Å². The fourth-order valence-corrected chi connectivity index (χ4v) is 1.80. The van der Waals surface area contributed by atoms with Crippen LogP contribution in [0.2, 0.25) is 0 Å². The third-order valence-electron chi connectivity index (χ3n) is 2.22. The van der Waals surface area contributed by atoms with Crippen molar-refractivity contribution >= 4 is 21.7 Å². The minimum absolute atomic E-state index is 0.106. The van der Waals surface area contributed by atoms with E-state index in [1.807, 2.05) is 19.9 Å². The largest absolute Gasteiger partial charge is 0.506 e. The zero-order valence-corrected chi connectivity index (χ0v) is 10.1. The standard InChI is InChI=1S/C11H13BrO2/c1-6-4-9(5-7(2)13)8(3)11(14)10(6)12/h4,14H,5H2,1-3H3. The van der Waals surface area contributed by atoms with Gasteiger partial charge in [0.2, 0.25) is 0 Å². The van der Waals surface area contributed by atoms with Crippen molar-refractivity contribution in [1.29, 1.82) is 0 Å². The number of carbonyl (C=O) groups is 1. The first-order valence-electron chi connectivity index (χ1n) is 4.40. The highest BCUT2D eigenvalue weighted by Crippen LogP contribution is 2.33. The number of aromatic hydroxyl groups is 1. The molecular formula is C11H13BrO2. The van der Waals surface area contributed by atoms with Gasteiger partial charge in [0.25, 0.3) is 0 Å². The van der Waals surface area contributed by atoms with E-state index in [-0.39, 0.29) is 11.5 Å². The second-order valence-corrected chi connectivity index (χ2v) is 4.31. The van der Waals surface area contributed by atoms with Crippen LogP contribution in [0.3, 0.4) is 0 Å². The lowest BCUT2D eigenvalue weighted by Gasteiger charge is -2.10. The molecule has 0 radical (unpaired) electrons. The summed E-state index contributed by atoms with van der Waals surface area (Å²) in [5.74, 6) is 0.343. The number of ketones is 1. The first-order chi connectivity index (χ1) is 6.43. The van der Waals surface area contributed by atoms with Crippen molar-refractivity contribution in [2.75, 3.05) is 0 Å². The highest BCUT2D eigenvalue weighted by molar-refractivity contribution is 9.10. The van der Waals surface area contributed by atoms with Crippen LogP contribution in [0.1, 0.15) is 23.6 Å². The van der Waals surface area contributed by atoms with Gasteiger partial charge >= 0.3 is 0 Å². The third-order valence-corrected chi connectivity index (χ3v) is 3.22. The van der Waals surface area contributed by atoms with Crippen LogP contribution in [0.5, 0.6) is 5.75 Å². The van der Waals surface area contributed by atoms with Crippen molar-refractivity contribution in [2.24, 2.45) is 0 Å². The van der Waals surface area contributed by atoms with Gasteiger partial charge in [-0.1, -0.05) is 6.07 Å². The molecule has 1 aromatic carbocycles. The zero-order valence-electron chi connectivity index (χ0n) is 8.52. The molecule has 0 spiro atoms. The number of halogens is 1. The fourth-order valence-electron chi connectivity index (χ4n) is 1.39. The Bertz CT molecular complexity index is 383. The summed E-state index contributed by atoms with van der Waals surface area (Å²) >= 11 is 3.30. The predicted molar refractivity (Wildman–Crippen MR) is 59.7 cm³/mol. The summed E-state index contributed by atoms with van der Waals surface area (Å²) in [5.41, 5.74) is 2.62. The predicted octanol–water partition coefficient (Wildman–Crippen LogP) is 2.90. The normalized spacial score (nSPS) is 10.3. The molecule has 2 nitrogen and oxygen atoms in total. The highest BCUT2D eigenvalue weighted by Gasteiger charge is 2.11. The molecule has 0 aliphatic carbocycles. The summed E-state index contributed by atoms with van der Waals surface area (Å²) in [7, 11) is 0. The SMILES string of the molecule is CC(=O)Cc1cc(C)c(Br)c(O)c1C. The van der Waals surface area contributed by atoms with Crippen molar-refractivity contribution < 1.29 is 9.90 Å². The smallest absolute Gasteiger partial charge is 0.134 e. The molecule has 76 valence electrons. The second-order valence-electron chi connectivity index (χ2n) is 3.52. The number of phenols is 1. The molecule has 0 bridgehead atoms. The summed E-state index contributed by atoms with van der Waals surface area (Å²) < 4.78 is 0.710. The topological polar surface area (TPSA) is 37.3 Å². The Morgan fingerprint density at radius 1 is 1.50 bits per heavy atom. The highest BCUT2D eigenvalue weighted by atomic mass is 79.9. The molecule has 0 saturated heterocycles. The number of hydrogen-bond acceptors (Lipinski definition) is 2. The number of phenolic OH excluding ortho intramolecular Hbond substituents is 1. The lowest BCUT2D eigenvalue weighted by molar-refractivity contribution is -0.116. The lowest BCUT2D eigenvalue weighted by Crippen LogP contribution is -2.00. The maximum Gasteiger partial charge on any atom is 0.134 e. The molecule has 0 fully saturated rings. The molecule has 0 aromatic heterocycles. The van der Waals surface area contributed by atoms with Gasteiger partial charge in [-0.2, -0.15) is 0 Å². The Morgan fingerprint density at radius 3 is 2.57 bits per heavy atom. The average Bonchev–Trinajstić information content (AvgIpc) is 2.10. The van der Waals surface area contributed by atoms with Gasteiger partial charge in [-0.05, 0) is 53.4 Å². The summed E-state index contributed by atoms with van der Waals surface area (Å²) in [6.45, 7) is 5.26. The van der Waals surface area contributed by atoms with E-state index in [2.05, 4.69) is 15.9 Å². The van der Waals surface area contributed by atoms with Crippen LogP contribution in [0.25, 0.3) is 0 Å². The Morgan fingerprint density at radius 2 is 2.07 bits per heavy atom. The van der Waals surface area contributed by atoms with E-state index >= 15 is 0 Å². The third kappa shape index (κ3) is 2.15. The molecular weight excluding hydrogens is 244 g/mol. The zero-order chi connectivity index (χ0) is 10.9. The number of carbonyl (C=O) groups excluding carboxylic acids is 1. The lowest BCUT2D eigenvalue weighted by atomic mass is 10.0. The number of aryl methyl sites for hydroxylation is 1. The Balaban J connectivity index is 3.25. The molecule has 3 heteroatoms. The minimum Gasteiger partial charge on any atom is -0.506 e. The summed E-state index contributed by atoms with van der Waals surface area (Å²) in [4.78, 5) is 11.0. The fraction of sp³-hybridized carbons (Fsp3) is 0.364. The molecule has 1 rings (SSSR count). The van der Waals surface area contributed by atoms with Crippen LogP contribution in [-0.4, -0.2) is 10.9 Å². The monoisotopic (exact) mass is 256 g/mol. The summed E-state index contributed by atoms with van der Waals surface area (Å²) in [5, 5.41) is 9.72. The molecule has 0 heterocycles. The van der Waals surface area contributed by atoms with E-state index < -0.39 is 0 Å². The van der Waals surface area contributed by atoms with E-state index in [9.17, 15) is 9.90 Å². The van der Waals surface area contributed by atoms with Crippen LogP contribution in [0.4, 0.5) is 0 Å². The van der Waals surface area contributed by atoms with Crippen molar-refractivity contribution in [1.82, 2.24) is 0 Å². The minimum atomic E-state index is 0.106. The molecule has 0 aliphatic heterocycles. The van der Waals surface area contributed by atoms with Crippen LogP contribution in [0.15, 0.2) is 10.5 Å². The van der Waals surface area contributed by atoms with Gasteiger partial charge < -0.3 is 5.11 Å². The Labute approximate surface area is 92.1 Å². The van der Waals surface area contributed by atoms with E-state index in [0.717, 1.165) is 16.7 Å². The van der Waals surface area contributed by atoms with Gasteiger partial charge in [0.05, 0.1) is 4.47 Å². The quantitative estimate of drug-likeness (QED) is 0.884. The summed E-state index contributed by atoms with van der Waals surface area (Å²) in [6.07, 6.45) is 0.382. The van der Waals surface area contributed by atoms with Crippen LogP contribution < -0.4 is 0 Å². The second kappa shape index (κ2) is 4.13. The Kier molecular flexibility index (Phi) is 3.32. The van der Waals surface area contributed by atoms with Crippen molar-refractivity contribution in [2.45, 2.75) is 27.2 Å². The molecule has 0 saturated carbocycles. The molecule has 1 aromatic rings. The molecule has 14 heavy (non-hydrogen) atoms. The van der Waals surface area contributed by atoms with Crippen molar-refractivity contribution in [3.8, 4) is 5.75 Å². The van der Waals surface area contributed by atoms with Crippen LogP contribution in [-0.2, 0) is 11.2 Å². The maximum atomic E-state index is 11.0. The first-order valence-corrected chi connectivity index (χ1v) is 5.19. The van der Waals surface area contributed by atoms with E-state index in [1.54, 1.807) is 6.92 Å². The van der Waals surface area contributed by atoms with E-state index in [0.29, 0.717) is 10.9 Å². The van der Waals surface area contributed by atoms with Crippen molar-refractivity contribution in [3.63, 3.8) is 0 Å². The van der Waals surface area contributed by atoms with Gasteiger partial charge in [0.15, 0.2) is 0 Å². The number of rotatable bonds is 2. The van der Waals surface area contributed by atoms with E-state index in [1.165, 1.54) is 0 Å². The van der Waals surface area contributed by atoms with E-state index in [4.69, 9.17) is 0 Å². The number of benzene rings is 1. The Hall–Kier alpha value is -0.830. The van der Waals surface area contributed by atoms with Gasteiger partial charge in [-0.25, -0.2) is 0 Å². The molecule has 0 atom stereocenters.